The largest absolute Gasteiger partial charge is 0.455 e. The summed E-state index contributed by atoms with van der Waals surface area (Å²) in [4.78, 5) is 48.4. The van der Waals surface area contributed by atoms with Crippen molar-refractivity contribution >= 4 is 29.2 Å². The van der Waals surface area contributed by atoms with Gasteiger partial charge in [0.1, 0.15) is 0 Å². The third-order valence-electron chi connectivity index (χ3n) is 4.83. The summed E-state index contributed by atoms with van der Waals surface area (Å²) in [5, 5.41) is 13.7. The number of hydrogen-bond donors (Lipinski definition) is 1. The summed E-state index contributed by atoms with van der Waals surface area (Å²) in [6.45, 7) is 1.42. The summed E-state index contributed by atoms with van der Waals surface area (Å²) in [5.74, 6) is -2.17. The van der Waals surface area contributed by atoms with Crippen molar-refractivity contribution in [2.45, 2.75) is 19.4 Å². The summed E-state index contributed by atoms with van der Waals surface area (Å²) in [6.07, 6.45) is -0.0798. The normalized spacial score (nSPS) is 16.8. The maximum absolute atomic E-state index is 12.3. The van der Waals surface area contributed by atoms with E-state index in [1.165, 1.54) is 23.1 Å². The number of benzene rings is 2. The quantitative estimate of drug-likeness (QED) is 0.424. The molecule has 3 rings (SSSR count). The second-order valence-corrected chi connectivity index (χ2v) is 6.99. The lowest BCUT2D eigenvalue weighted by molar-refractivity contribution is -0.384. The van der Waals surface area contributed by atoms with Crippen molar-refractivity contribution in [3.8, 4) is 0 Å². The van der Waals surface area contributed by atoms with Crippen LogP contribution in [0.4, 0.5) is 11.4 Å². The minimum atomic E-state index is -0.740. The molecule has 0 bridgehead atoms. The molecule has 0 spiro atoms. The molecule has 9 heteroatoms. The van der Waals surface area contributed by atoms with E-state index in [1.807, 2.05) is 37.3 Å². The highest BCUT2D eigenvalue weighted by Crippen LogP contribution is 2.28. The van der Waals surface area contributed by atoms with Crippen LogP contribution in [0.15, 0.2) is 54.6 Å². The standard InChI is InChI=1S/C21H21N3O6/c1-14(15-6-3-2-4-7-15)22-19(25)13-30-21(27)16-10-20(26)23(12-16)17-8-5-9-18(11-17)24(28)29/h2-9,11,14,16H,10,12-13H2,1H3,(H,22,25)/t14-,16-/m0/s1. The molecule has 1 aliphatic rings. The van der Waals surface area contributed by atoms with Gasteiger partial charge in [-0.1, -0.05) is 36.4 Å². The molecule has 1 aliphatic heterocycles. The second kappa shape index (κ2) is 9.17. The molecule has 2 amide bonds. The fourth-order valence-corrected chi connectivity index (χ4v) is 3.25. The highest BCUT2D eigenvalue weighted by molar-refractivity contribution is 5.99. The molecule has 1 heterocycles. The molecule has 0 aliphatic carbocycles. The molecular weight excluding hydrogens is 390 g/mol. The molecular formula is C21H21N3O6. The number of rotatable bonds is 7. The molecule has 156 valence electrons. The topological polar surface area (TPSA) is 119 Å². The minimum Gasteiger partial charge on any atom is -0.455 e. The Morgan fingerprint density at radius 1 is 1.23 bits per heavy atom. The van der Waals surface area contributed by atoms with Gasteiger partial charge in [0.25, 0.3) is 11.6 Å². The molecule has 2 aromatic rings. The zero-order chi connectivity index (χ0) is 21.7. The van der Waals surface area contributed by atoms with E-state index in [4.69, 9.17) is 4.74 Å². The van der Waals surface area contributed by atoms with E-state index in [1.54, 1.807) is 6.07 Å². The molecule has 2 aromatic carbocycles. The molecule has 0 unspecified atom stereocenters. The minimum absolute atomic E-state index is 0.0425. The predicted molar refractivity (Wildman–Crippen MR) is 108 cm³/mol. The Morgan fingerprint density at radius 2 is 1.97 bits per heavy atom. The van der Waals surface area contributed by atoms with Gasteiger partial charge in [-0.3, -0.25) is 24.5 Å². The van der Waals surface area contributed by atoms with Gasteiger partial charge in [0.2, 0.25) is 5.91 Å². The first-order valence-electron chi connectivity index (χ1n) is 9.41. The summed E-state index contributed by atoms with van der Waals surface area (Å²) in [6, 6.07) is 14.8. The lowest BCUT2D eigenvalue weighted by atomic mass is 10.1. The highest BCUT2D eigenvalue weighted by Gasteiger charge is 2.36. The Bertz CT molecular complexity index is 962. The first kappa shape index (κ1) is 21.0. The molecule has 9 nitrogen and oxygen atoms in total. The summed E-state index contributed by atoms with van der Waals surface area (Å²) < 4.78 is 5.08. The average Bonchev–Trinajstić information content (AvgIpc) is 3.14. The zero-order valence-corrected chi connectivity index (χ0v) is 16.3. The van der Waals surface area contributed by atoms with Gasteiger partial charge >= 0.3 is 5.97 Å². The Balaban J connectivity index is 1.53. The Labute approximate surface area is 172 Å². The van der Waals surface area contributed by atoms with Gasteiger partial charge in [-0.2, -0.15) is 0 Å². The lowest BCUT2D eigenvalue weighted by Gasteiger charge is -2.17. The van der Waals surface area contributed by atoms with Crippen LogP contribution in [-0.2, 0) is 19.1 Å². The number of carbonyl (C=O) groups is 3. The smallest absolute Gasteiger partial charge is 0.311 e. The third-order valence-corrected chi connectivity index (χ3v) is 4.83. The molecule has 0 radical (unpaired) electrons. The number of carbonyl (C=O) groups excluding carboxylic acids is 3. The molecule has 30 heavy (non-hydrogen) atoms. The summed E-state index contributed by atoms with van der Waals surface area (Å²) in [5.41, 5.74) is 1.13. The Hall–Kier alpha value is -3.75. The van der Waals surface area contributed by atoms with Gasteiger partial charge in [-0.15, -0.1) is 0 Å². The fraction of sp³-hybridized carbons (Fsp3) is 0.286. The van der Waals surface area contributed by atoms with Crippen LogP contribution in [0.25, 0.3) is 0 Å². The first-order chi connectivity index (χ1) is 14.3. The number of nitrogens with zero attached hydrogens (tertiary/aromatic N) is 2. The number of nitro benzene ring substituents is 1. The second-order valence-electron chi connectivity index (χ2n) is 6.99. The maximum Gasteiger partial charge on any atom is 0.311 e. The van der Waals surface area contributed by atoms with Gasteiger partial charge in [0.05, 0.1) is 22.6 Å². The van der Waals surface area contributed by atoms with Crippen molar-refractivity contribution in [3.63, 3.8) is 0 Å². The molecule has 1 N–H and O–H groups in total. The van der Waals surface area contributed by atoms with Gasteiger partial charge in [-0.25, -0.2) is 0 Å². The van der Waals surface area contributed by atoms with Crippen molar-refractivity contribution in [2.75, 3.05) is 18.1 Å². The number of anilines is 1. The van der Waals surface area contributed by atoms with Crippen molar-refractivity contribution < 1.29 is 24.0 Å². The van der Waals surface area contributed by atoms with Crippen LogP contribution < -0.4 is 10.2 Å². The summed E-state index contributed by atoms with van der Waals surface area (Å²) in [7, 11) is 0. The Morgan fingerprint density at radius 3 is 2.67 bits per heavy atom. The van der Waals surface area contributed by atoms with E-state index in [0.717, 1.165) is 5.56 Å². The monoisotopic (exact) mass is 411 g/mol. The lowest BCUT2D eigenvalue weighted by Crippen LogP contribution is -2.32. The predicted octanol–water partition coefficient (Wildman–Crippen LogP) is 2.37. The van der Waals surface area contributed by atoms with Crippen LogP contribution >= 0.6 is 0 Å². The van der Waals surface area contributed by atoms with Gasteiger partial charge in [-0.05, 0) is 18.6 Å². The van der Waals surface area contributed by atoms with Crippen molar-refractivity contribution in [1.82, 2.24) is 5.32 Å². The Kier molecular flexibility index (Phi) is 6.41. The van der Waals surface area contributed by atoms with Crippen LogP contribution in [0.1, 0.15) is 24.9 Å². The van der Waals surface area contributed by atoms with Gasteiger partial charge < -0.3 is 15.0 Å². The first-order valence-corrected chi connectivity index (χ1v) is 9.41. The van der Waals surface area contributed by atoms with E-state index >= 15 is 0 Å². The molecule has 1 fully saturated rings. The van der Waals surface area contributed by atoms with Crippen LogP contribution in [0.3, 0.4) is 0 Å². The van der Waals surface area contributed by atoms with Gasteiger partial charge in [0.15, 0.2) is 6.61 Å². The SMILES string of the molecule is C[C@H](NC(=O)COC(=O)[C@H]1CC(=O)N(c2cccc([N+](=O)[O-])c2)C1)c1ccccc1. The molecule has 1 saturated heterocycles. The maximum atomic E-state index is 12.3. The van der Waals surface area contributed by atoms with E-state index < -0.39 is 29.3 Å². The van der Waals surface area contributed by atoms with Crippen molar-refractivity contribution in [1.29, 1.82) is 0 Å². The summed E-state index contributed by atoms with van der Waals surface area (Å²) >= 11 is 0. The molecule has 0 saturated carbocycles. The van der Waals surface area contributed by atoms with E-state index in [-0.39, 0.29) is 30.6 Å². The number of non-ortho nitro benzene ring substituents is 1. The number of nitro groups is 1. The van der Waals surface area contributed by atoms with Crippen LogP contribution in [0.2, 0.25) is 0 Å². The zero-order valence-electron chi connectivity index (χ0n) is 16.3. The molecule has 2 atom stereocenters. The van der Waals surface area contributed by atoms with Gasteiger partial charge in [0, 0.05) is 25.1 Å². The van der Waals surface area contributed by atoms with Crippen LogP contribution in [0.5, 0.6) is 0 Å². The number of ether oxygens (including phenoxy) is 1. The van der Waals surface area contributed by atoms with E-state index in [2.05, 4.69) is 5.32 Å². The number of esters is 1. The molecule has 0 aromatic heterocycles. The number of nitrogens with one attached hydrogen (secondary N) is 1. The van der Waals surface area contributed by atoms with Crippen molar-refractivity contribution in [2.24, 2.45) is 5.92 Å². The fourth-order valence-electron chi connectivity index (χ4n) is 3.25. The number of amides is 2. The van der Waals surface area contributed by atoms with E-state index in [0.29, 0.717) is 5.69 Å². The number of hydrogen-bond acceptors (Lipinski definition) is 6. The average molecular weight is 411 g/mol. The van der Waals surface area contributed by atoms with Crippen LogP contribution in [-0.4, -0.2) is 35.9 Å². The van der Waals surface area contributed by atoms with E-state index in [9.17, 15) is 24.5 Å². The van der Waals surface area contributed by atoms with Crippen molar-refractivity contribution in [3.05, 3.63) is 70.3 Å². The highest BCUT2D eigenvalue weighted by atomic mass is 16.6. The van der Waals surface area contributed by atoms with Crippen LogP contribution in [0, 0.1) is 16.0 Å². The third kappa shape index (κ3) is 4.99.